The molecule has 0 aliphatic heterocycles. The minimum absolute atomic E-state index is 0.163. The molecular weight excluding hydrogens is 360 g/mol. The molecule has 24 heavy (non-hydrogen) atoms. The van der Waals surface area contributed by atoms with Crippen LogP contribution in [0.25, 0.3) is 0 Å². The van der Waals surface area contributed by atoms with Crippen molar-refractivity contribution in [3.8, 4) is 0 Å². The Balaban J connectivity index is 2.18. The molecule has 0 radical (unpaired) electrons. The second-order valence-corrected chi connectivity index (χ2v) is 7.83. The molecular formula is C15H15F2NO4S2. The lowest BCUT2D eigenvalue weighted by molar-refractivity contribution is 0.0914. The number of alkyl halides is 2. The Bertz CT molecular complexity index is 834. The monoisotopic (exact) mass is 375 g/mol. The highest BCUT2D eigenvalue weighted by Gasteiger charge is 2.30. The van der Waals surface area contributed by atoms with Gasteiger partial charge in [0.15, 0.2) is 0 Å². The Labute approximate surface area is 141 Å². The number of nitrogens with one attached hydrogen (secondary N) is 1. The maximum atomic E-state index is 12.7. The van der Waals surface area contributed by atoms with Gasteiger partial charge in [-0.25, -0.2) is 8.42 Å². The number of aryl methyl sites for hydroxylation is 1. The molecule has 2 N–H and O–H groups in total. The second-order valence-electron chi connectivity index (χ2n) is 5.00. The quantitative estimate of drug-likeness (QED) is 0.813. The number of halogens is 2. The second kappa shape index (κ2) is 7.37. The van der Waals surface area contributed by atoms with Crippen LogP contribution in [0.5, 0.6) is 0 Å². The molecule has 1 heterocycles. The van der Waals surface area contributed by atoms with E-state index in [1.54, 1.807) is 12.3 Å². The van der Waals surface area contributed by atoms with E-state index in [1.165, 1.54) is 23.5 Å². The number of benzene rings is 1. The summed E-state index contributed by atoms with van der Waals surface area (Å²) in [6, 6.07) is 6.55. The van der Waals surface area contributed by atoms with Crippen molar-refractivity contribution in [1.82, 2.24) is 5.32 Å². The number of amides is 1. The molecule has 5 nitrogen and oxygen atoms in total. The van der Waals surface area contributed by atoms with Gasteiger partial charge in [0.1, 0.15) is 6.10 Å². The third-order valence-corrected chi connectivity index (χ3v) is 5.89. The lowest BCUT2D eigenvalue weighted by Gasteiger charge is -2.13. The first-order chi connectivity index (χ1) is 11.2. The molecule has 0 aliphatic carbocycles. The van der Waals surface area contributed by atoms with Crippen LogP contribution in [-0.2, 0) is 9.84 Å². The first-order valence-electron chi connectivity index (χ1n) is 6.86. The third kappa shape index (κ3) is 3.80. The summed E-state index contributed by atoms with van der Waals surface area (Å²) in [6.07, 6.45) is -0.965. The van der Waals surface area contributed by atoms with Crippen LogP contribution < -0.4 is 5.32 Å². The molecule has 1 amide bonds. The summed E-state index contributed by atoms with van der Waals surface area (Å²) in [5, 5.41) is 14.2. The highest BCUT2D eigenvalue weighted by Crippen LogP contribution is 2.24. The zero-order valence-electron chi connectivity index (χ0n) is 12.6. The fourth-order valence-electron chi connectivity index (χ4n) is 2.10. The average Bonchev–Trinajstić information content (AvgIpc) is 2.98. The summed E-state index contributed by atoms with van der Waals surface area (Å²) in [5.41, 5.74) is 0.482. The Kier molecular flexibility index (Phi) is 5.68. The van der Waals surface area contributed by atoms with E-state index < -0.39 is 32.5 Å². The standard InChI is InChI=1S/C15H15F2NO4S2/c1-9-6-7-23-13(9)11(19)8-18-14(20)10-4-2-3-5-12(10)24(21,22)15(16)17/h2-7,11,15,19H,8H2,1H3,(H,18,20). The van der Waals surface area contributed by atoms with Crippen LogP contribution >= 0.6 is 11.3 Å². The number of aliphatic hydroxyl groups excluding tert-OH is 1. The molecule has 9 heteroatoms. The van der Waals surface area contributed by atoms with Crippen molar-refractivity contribution in [2.75, 3.05) is 6.54 Å². The van der Waals surface area contributed by atoms with E-state index in [4.69, 9.17) is 0 Å². The number of hydrogen-bond acceptors (Lipinski definition) is 5. The van der Waals surface area contributed by atoms with Crippen molar-refractivity contribution in [3.63, 3.8) is 0 Å². The Morgan fingerprint density at radius 3 is 2.54 bits per heavy atom. The van der Waals surface area contributed by atoms with Gasteiger partial charge < -0.3 is 10.4 Å². The van der Waals surface area contributed by atoms with Crippen LogP contribution in [0, 0.1) is 6.92 Å². The van der Waals surface area contributed by atoms with Crippen molar-refractivity contribution < 1.29 is 27.1 Å². The minimum atomic E-state index is -4.90. The van der Waals surface area contributed by atoms with Crippen molar-refractivity contribution in [2.45, 2.75) is 23.7 Å². The van der Waals surface area contributed by atoms with E-state index in [2.05, 4.69) is 5.32 Å². The number of aliphatic hydroxyl groups is 1. The normalized spacial score (nSPS) is 13.0. The topological polar surface area (TPSA) is 83.5 Å². The van der Waals surface area contributed by atoms with Gasteiger partial charge in [0.05, 0.1) is 10.5 Å². The molecule has 1 unspecified atom stereocenters. The molecule has 1 aromatic heterocycles. The highest BCUT2D eigenvalue weighted by molar-refractivity contribution is 7.91. The molecule has 0 saturated heterocycles. The number of hydrogen-bond donors (Lipinski definition) is 2. The minimum Gasteiger partial charge on any atom is -0.386 e. The van der Waals surface area contributed by atoms with Gasteiger partial charge >= 0.3 is 5.76 Å². The number of thiophene rings is 1. The molecule has 1 aromatic carbocycles. The lowest BCUT2D eigenvalue weighted by Crippen LogP contribution is -2.30. The zero-order valence-corrected chi connectivity index (χ0v) is 14.2. The van der Waals surface area contributed by atoms with Crippen molar-refractivity contribution >= 4 is 27.1 Å². The summed E-state index contributed by atoms with van der Waals surface area (Å²) in [5.74, 6) is -4.46. The SMILES string of the molecule is Cc1ccsc1C(O)CNC(=O)c1ccccc1S(=O)(=O)C(F)F. The first kappa shape index (κ1) is 18.5. The van der Waals surface area contributed by atoms with Gasteiger partial charge in [-0.15, -0.1) is 11.3 Å². The summed E-state index contributed by atoms with van der Waals surface area (Å²) >= 11 is 1.32. The van der Waals surface area contributed by atoms with Gasteiger partial charge in [0.2, 0.25) is 9.84 Å². The number of sulfone groups is 1. The van der Waals surface area contributed by atoms with E-state index in [0.29, 0.717) is 4.88 Å². The zero-order chi connectivity index (χ0) is 17.9. The molecule has 0 saturated carbocycles. The lowest BCUT2D eigenvalue weighted by atomic mass is 10.2. The summed E-state index contributed by atoms with van der Waals surface area (Å²) in [7, 11) is -4.90. The number of rotatable bonds is 6. The van der Waals surface area contributed by atoms with Crippen LogP contribution in [0.3, 0.4) is 0 Å². The molecule has 2 aromatic rings. The smallest absolute Gasteiger partial charge is 0.341 e. The van der Waals surface area contributed by atoms with Crippen LogP contribution in [0.1, 0.15) is 26.9 Å². The fourth-order valence-corrected chi connectivity index (χ4v) is 3.94. The molecule has 1 atom stereocenters. The first-order valence-corrected chi connectivity index (χ1v) is 9.29. The van der Waals surface area contributed by atoms with Crippen molar-refractivity contribution in [1.29, 1.82) is 0 Å². The van der Waals surface area contributed by atoms with E-state index in [1.807, 2.05) is 6.07 Å². The molecule has 0 bridgehead atoms. The fraction of sp³-hybridized carbons (Fsp3) is 0.267. The molecule has 2 rings (SSSR count). The van der Waals surface area contributed by atoms with Gasteiger partial charge in [0.25, 0.3) is 5.91 Å². The van der Waals surface area contributed by atoms with Gasteiger partial charge in [-0.3, -0.25) is 4.79 Å². The van der Waals surface area contributed by atoms with Gasteiger partial charge in [0, 0.05) is 11.4 Å². The Morgan fingerprint density at radius 2 is 1.96 bits per heavy atom. The van der Waals surface area contributed by atoms with Crippen molar-refractivity contribution in [3.05, 3.63) is 51.7 Å². The average molecular weight is 375 g/mol. The van der Waals surface area contributed by atoms with Crippen LogP contribution in [0.15, 0.2) is 40.6 Å². The Hall–Kier alpha value is -1.84. The van der Waals surface area contributed by atoms with Crippen LogP contribution in [0.2, 0.25) is 0 Å². The summed E-state index contributed by atoms with van der Waals surface area (Å²) in [6.45, 7) is 1.64. The highest BCUT2D eigenvalue weighted by atomic mass is 32.2. The summed E-state index contributed by atoms with van der Waals surface area (Å²) < 4.78 is 48.8. The molecule has 0 spiro atoms. The summed E-state index contributed by atoms with van der Waals surface area (Å²) in [4.78, 5) is 12.1. The molecule has 0 aliphatic rings. The number of carbonyl (C=O) groups excluding carboxylic acids is 1. The van der Waals surface area contributed by atoms with Gasteiger partial charge in [-0.05, 0) is 36.1 Å². The largest absolute Gasteiger partial charge is 0.386 e. The molecule has 130 valence electrons. The van der Waals surface area contributed by atoms with E-state index in [0.717, 1.165) is 17.7 Å². The predicted molar refractivity (Wildman–Crippen MR) is 86.0 cm³/mol. The van der Waals surface area contributed by atoms with Crippen molar-refractivity contribution in [2.24, 2.45) is 0 Å². The van der Waals surface area contributed by atoms with E-state index >= 15 is 0 Å². The van der Waals surface area contributed by atoms with Gasteiger partial charge in [-0.1, -0.05) is 12.1 Å². The third-order valence-electron chi connectivity index (χ3n) is 3.33. The van der Waals surface area contributed by atoms with Gasteiger partial charge in [-0.2, -0.15) is 8.78 Å². The van der Waals surface area contributed by atoms with E-state index in [9.17, 15) is 27.1 Å². The van der Waals surface area contributed by atoms with Crippen LogP contribution in [0.4, 0.5) is 8.78 Å². The maximum Gasteiger partial charge on any atom is 0.341 e. The van der Waals surface area contributed by atoms with E-state index in [-0.39, 0.29) is 12.1 Å². The molecule has 0 fully saturated rings. The predicted octanol–water partition coefficient (Wildman–Crippen LogP) is 2.52. The Morgan fingerprint density at radius 1 is 1.29 bits per heavy atom. The van der Waals surface area contributed by atoms with Crippen LogP contribution in [-0.4, -0.2) is 31.7 Å². The maximum absolute atomic E-state index is 12.7. The number of carbonyl (C=O) groups is 1.